The van der Waals surface area contributed by atoms with Gasteiger partial charge in [0.1, 0.15) is 0 Å². The minimum absolute atomic E-state index is 0.00636. The Morgan fingerprint density at radius 3 is 2.48 bits per heavy atom. The summed E-state index contributed by atoms with van der Waals surface area (Å²) in [6.07, 6.45) is 0.566. The Kier molecular flexibility index (Phi) is 5.11. The van der Waals surface area contributed by atoms with E-state index >= 15 is 0 Å². The van der Waals surface area contributed by atoms with Gasteiger partial charge in [-0.25, -0.2) is 8.42 Å². The molecule has 0 spiro atoms. The molecule has 0 unspecified atom stereocenters. The van der Waals surface area contributed by atoms with E-state index < -0.39 is 15.9 Å². The van der Waals surface area contributed by atoms with E-state index in [-0.39, 0.29) is 16.5 Å². The molecule has 1 amide bonds. The molecular formula is C15H18N4O5S. The summed E-state index contributed by atoms with van der Waals surface area (Å²) >= 11 is 0. The molecule has 1 aliphatic rings. The van der Waals surface area contributed by atoms with Crippen LogP contribution in [0.3, 0.4) is 0 Å². The van der Waals surface area contributed by atoms with E-state index in [0.29, 0.717) is 38.6 Å². The van der Waals surface area contributed by atoms with E-state index in [9.17, 15) is 13.2 Å². The van der Waals surface area contributed by atoms with E-state index in [2.05, 4.69) is 15.5 Å². The van der Waals surface area contributed by atoms with Gasteiger partial charge in [0.05, 0.1) is 18.1 Å². The third-order valence-electron chi connectivity index (χ3n) is 3.71. The van der Waals surface area contributed by atoms with Crippen molar-refractivity contribution < 1.29 is 22.4 Å². The second-order valence-corrected chi connectivity index (χ2v) is 7.29. The Balaban J connectivity index is 1.71. The average Bonchev–Trinajstić information content (AvgIpc) is 3.10. The van der Waals surface area contributed by atoms with Gasteiger partial charge in [0, 0.05) is 25.1 Å². The summed E-state index contributed by atoms with van der Waals surface area (Å²) in [6, 6.07) is 5.71. The van der Waals surface area contributed by atoms with Crippen LogP contribution >= 0.6 is 0 Å². The summed E-state index contributed by atoms with van der Waals surface area (Å²) in [5, 5.41) is 9.94. The van der Waals surface area contributed by atoms with E-state index in [4.69, 9.17) is 9.15 Å². The van der Waals surface area contributed by atoms with Crippen LogP contribution in [-0.2, 0) is 21.2 Å². The molecule has 0 saturated carbocycles. The summed E-state index contributed by atoms with van der Waals surface area (Å²) in [5.74, 6) is -0.0381. The lowest BCUT2D eigenvalue weighted by atomic mass is 10.2. The maximum Gasteiger partial charge on any atom is 0.322 e. The zero-order valence-electron chi connectivity index (χ0n) is 13.6. The topological polar surface area (TPSA) is 115 Å². The minimum Gasteiger partial charge on any atom is -0.408 e. The standard InChI is InChI=1S/C15H18N4O5S/c1-2-13-17-18-15(24-13)16-14(20)11-3-5-12(6-4-11)25(21,22)19-7-9-23-10-8-19/h3-6H,2,7-10H2,1H3,(H,16,18,20). The number of rotatable bonds is 5. The van der Waals surface area contributed by atoms with E-state index in [1.165, 1.54) is 28.6 Å². The van der Waals surface area contributed by atoms with Crippen molar-refractivity contribution in [2.75, 3.05) is 31.6 Å². The number of carbonyl (C=O) groups is 1. The number of benzene rings is 1. The average molecular weight is 366 g/mol. The van der Waals surface area contributed by atoms with Gasteiger partial charge in [-0.1, -0.05) is 12.0 Å². The maximum absolute atomic E-state index is 12.5. The van der Waals surface area contributed by atoms with Gasteiger partial charge < -0.3 is 9.15 Å². The minimum atomic E-state index is -3.58. The third kappa shape index (κ3) is 3.86. The van der Waals surface area contributed by atoms with Crippen molar-refractivity contribution in [1.82, 2.24) is 14.5 Å². The number of hydrogen-bond donors (Lipinski definition) is 1. The van der Waals surface area contributed by atoms with E-state index in [0.717, 1.165) is 0 Å². The number of aryl methyl sites for hydroxylation is 1. The van der Waals surface area contributed by atoms with Gasteiger partial charge in [0.2, 0.25) is 15.9 Å². The van der Waals surface area contributed by atoms with E-state index in [1.54, 1.807) is 0 Å². The molecule has 0 bridgehead atoms. The molecule has 1 saturated heterocycles. The highest BCUT2D eigenvalue weighted by molar-refractivity contribution is 7.89. The molecule has 9 nitrogen and oxygen atoms in total. The molecule has 1 aliphatic heterocycles. The van der Waals surface area contributed by atoms with Crippen LogP contribution in [-0.4, -0.2) is 55.1 Å². The Bertz CT molecular complexity index is 841. The first-order valence-electron chi connectivity index (χ1n) is 7.82. The second kappa shape index (κ2) is 7.30. The Morgan fingerprint density at radius 1 is 1.20 bits per heavy atom. The van der Waals surface area contributed by atoms with Crippen molar-refractivity contribution in [3.05, 3.63) is 35.7 Å². The lowest BCUT2D eigenvalue weighted by Crippen LogP contribution is -2.40. The molecule has 2 heterocycles. The highest BCUT2D eigenvalue weighted by Crippen LogP contribution is 2.18. The lowest BCUT2D eigenvalue weighted by Gasteiger charge is -2.26. The number of sulfonamides is 1. The number of nitrogens with one attached hydrogen (secondary N) is 1. The molecular weight excluding hydrogens is 348 g/mol. The van der Waals surface area contributed by atoms with Crippen molar-refractivity contribution in [2.45, 2.75) is 18.2 Å². The highest BCUT2D eigenvalue weighted by atomic mass is 32.2. The fraction of sp³-hybridized carbons (Fsp3) is 0.400. The van der Waals surface area contributed by atoms with Gasteiger partial charge in [-0.3, -0.25) is 10.1 Å². The SMILES string of the molecule is CCc1nnc(NC(=O)c2ccc(S(=O)(=O)N3CCOCC3)cc2)o1. The molecule has 1 fully saturated rings. The van der Waals surface area contributed by atoms with Gasteiger partial charge in [-0.2, -0.15) is 4.31 Å². The predicted octanol–water partition coefficient (Wildman–Crippen LogP) is 0.905. The summed E-state index contributed by atoms with van der Waals surface area (Å²) in [7, 11) is -3.58. The molecule has 0 radical (unpaired) electrons. The van der Waals surface area contributed by atoms with E-state index in [1.807, 2.05) is 6.92 Å². The predicted molar refractivity (Wildman–Crippen MR) is 87.6 cm³/mol. The van der Waals surface area contributed by atoms with Crippen LogP contribution in [0.25, 0.3) is 0 Å². The number of amides is 1. The second-order valence-electron chi connectivity index (χ2n) is 5.35. The number of nitrogens with zero attached hydrogens (tertiary/aromatic N) is 3. The van der Waals surface area contributed by atoms with Crippen LogP contribution in [0, 0.1) is 0 Å². The monoisotopic (exact) mass is 366 g/mol. The Labute approximate surface area is 145 Å². The first kappa shape index (κ1) is 17.5. The summed E-state index contributed by atoms with van der Waals surface area (Å²) in [4.78, 5) is 12.3. The number of ether oxygens (including phenoxy) is 1. The van der Waals surface area contributed by atoms with Gasteiger partial charge in [-0.15, -0.1) is 5.10 Å². The van der Waals surface area contributed by atoms with Crippen LogP contribution in [0.2, 0.25) is 0 Å². The zero-order valence-corrected chi connectivity index (χ0v) is 14.5. The molecule has 25 heavy (non-hydrogen) atoms. The summed E-state index contributed by atoms with van der Waals surface area (Å²) < 4.78 is 36.8. The van der Waals surface area contributed by atoms with Crippen LogP contribution < -0.4 is 5.32 Å². The van der Waals surface area contributed by atoms with Gasteiger partial charge in [-0.05, 0) is 24.3 Å². The normalized spacial score (nSPS) is 15.9. The van der Waals surface area contributed by atoms with Crippen LogP contribution in [0.1, 0.15) is 23.2 Å². The van der Waals surface area contributed by atoms with Gasteiger partial charge in [0.25, 0.3) is 5.91 Å². The molecule has 1 aromatic heterocycles. The van der Waals surface area contributed by atoms with Crippen molar-refractivity contribution >= 4 is 21.9 Å². The molecule has 2 aromatic rings. The van der Waals surface area contributed by atoms with Gasteiger partial charge in [0.15, 0.2) is 0 Å². The van der Waals surface area contributed by atoms with Crippen LogP contribution in [0.4, 0.5) is 6.01 Å². The Morgan fingerprint density at radius 2 is 1.88 bits per heavy atom. The van der Waals surface area contributed by atoms with Crippen molar-refractivity contribution in [2.24, 2.45) is 0 Å². The molecule has 134 valence electrons. The largest absolute Gasteiger partial charge is 0.408 e. The van der Waals surface area contributed by atoms with Gasteiger partial charge >= 0.3 is 6.01 Å². The zero-order chi connectivity index (χ0) is 17.9. The first-order chi connectivity index (χ1) is 12.0. The molecule has 0 atom stereocenters. The lowest BCUT2D eigenvalue weighted by molar-refractivity contribution is 0.0730. The number of anilines is 1. The fourth-order valence-electron chi connectivity index (χ4n) is 2.33. The number of hydrogen-bond acceptors (Lipinski definition) is 7. The molecule has 1 aromatic carbocycles. The quantitative estimate of drug-likeness (QED) is 0.836. The molecule has 0 aliphatic carbocycles. The van der Waals surface area contributed by atoms with Crippen LogP contribution in [0.5, 0.6) is 0 Å². The Hall–Kier alpha value is -2.30. The smallest absolute Gasteiger partial charge is 0.322 e. The van der Waals surface area contributed by atoms with Crippen molar-refractivity contribution in [3.63, 3.8) is 0 Å². The summed E-state index contributed by atoms with van der Waals surface area (Å²) in [6.45, 7) is 3.25. The maximum atomic E-state index is 12.5. The first-order valence-corrected chi connectivity index (χ1v) is 9.26. The number of morpholine rings is 1. The van der Waals surface area contributed by atoms with Crippen LogP contribution in [0.15, 0.2) is 33.6 Å². The summed E-state index contributed by atoms with van der Waals surface area (Å²) in [5.41, 5.74) is 0.289. The number of aromatic nitrogens is 2. The third-order valence-corrected chi connectivity index (χ3v) is 5.63. The molecule has 3 rings (SSSR count). The van der Waals surface area contributed by atoms with Crippen molar-refractivity contribution in [1.29, 1.82) is 0 Å². The molecule has 1 N–H and O–H groups in total. The number of carbonyl (C=O) groups excluding carboxylic acids is 1. The molecule has 10 heteroatoms. The fourth-order valence-corrected chi connectivity index (χ4v) is 3.74. The van der Waals surface area contributed by atoms with Crippen molar-refractivity contribution in [3.8, 4) is 0 Å². The highest BCUT2D eigenvalue weighted by Gasteiger charge is 2.26.